The van der Waals surface area contributed by atoms with E-state index in [9.17, 15) is 5.11 Å². The molecule has 0 aliphatic carbocycles. The van der Waals surface area contributed by atoms with Gasteiger partial charge in [0.15, 0.2) is 0 Å². The molecule has 1 aromatic heterocycles. The highest BCUT2D eigenvalue weighted by Gasteiger charge is 2.10. The monoisotopic (exact) mass is 184 g/mol. The molecule has 1 rings (SSSR count). The van der Waals surface area contributed by atoms with Crippen molar-refractivity contribution in [2.75, 3.05) is 0 Å². The van der Waals surface area contributed by atoms with E-state index in [1.165, 1.54) is 4.88 Å². The van der Waals surface area contributed by atoms with Crippen molar-refractivity contribution in [2.45, 2.75) is 33.6 Å². The lowest BCUT2D eigenvalue weighted by Gasteiger charge is -2.05. The van der Waals surface area contributed by atoms with E-state index in [4.69, 9.17) is 0 Å². The molecule has 68 valence electrons. The molecule has 0 saturated carbocycles. The van der Waals surface area contributed by atoms with Crippen molar-refractivity contribution < 1.29 is 5.11 Å². The molecule has 0 bridgehead atoms. The first-order valence-electron chi connectivity index (χ1n) is 4.43. The molecule has 1 aromatic rings. The van der Waals surface area contributed by atoms with E-state index < -0.39 is 0 Å². The van der Waals surface area contributed by atoms with Crippen molar-refractivity contribution in [3.05, 3.63) is 15.8 Å². The summed E-state index contributed by atoms with van der Waals surface area (Å²) in [4.78, 5) is 1.33. The Morgan fingerprint density at radius 3 is 2.67 bits per heavy atom. The Labute approximate surface area is 78.1 Å². The highest BCUT2D eigenvalue weighted by Crippen LogP contribution is 2.30. The summed E-state index contributed by atoms with van der Waals surface area (Å²) >= 11 is 1.67. The molecule has 0 atom stereocenters. The summed E-state index contributed by atoms with van der Waals surface area (Å²) in [6.07, 6.45) is 2.03. The van der Waals surface area contributed by atoms with Gasteiger partial charge in [-0.3, -0.25) is 0 Å². The molecule has 1 heterocycles. The zero-order valence-electron chi connectivity index (χ0n) is 7.92. The van der Waals surface area contributed by atoms with Crippen molar-refractivity contribution in [3.8, 4) is 5.75 Å². The largest absolute Gasteiger partial charge is 0.507 e. The Bertz CT molecular complexity index is 250. The van der Waals surface area contributed by atoms with Crippen LogP contribution in [0.4, 0.5) is 0 Å². The van der Waals surface area contributed by atoms with E-state index in [1.54, 1.807) is 11.3 Å². The molecule has 0 fully saturated rings. The number of thiophene rings is 1. The van der Waals surface area contributed by atoms with Crippen LogP contribution in [0, 0.1) is 5.92 Å². The Hall–Kier alpha value is -0.500. The van der Waals surface area contributed by atoms with E-state index in [0.29, 0.717) is 11.7 Å². The molecule has 0 radical (unpaired) electrons. The standard InChI is InChI=1S/C10H16OS/c1-4-10-8(5-7(2)3)9(11)6-12-10/h6-7,11H,4-5H2,1-3H3. The topological polar surface area (TPSA) is 20.2 Å². The smallest absolute Gasteiger partial charge is 0.129 e. The molecule has 0 aromatic carbocycles. The fraction of sp³-hybridized carbons (Fsp3) is 0.600. The summed E-state index contributed by atoms with van der Waals surface area (Å²) < 4.78 is 0. The van der Waals surface area contributed by atoms with E-state index in [-0.39, 0.29) is 0 Å². The Kier molecular flexibility index (Phi) is 3.15. The molecule has 0 amide bonds. The maximum absolute atomic E-state index is 9.52. The highest BCUT2D eigenvalue weighted by molar-refractivity contribution is 7.10. The molecule has 0 unspecified atom stereocenters. The molecular formula is C10H16OS. The van der Waals surface area contributed by atoms with Gasteiger partial charge in [-0.15, -0.1) is 11.3 Å². The Balaban J connectivity index is 2.86. The minimum atomic E-state index is 0.491. The first kappa shape index (κ1) is 9.59. The minimum Gasteiger partial charge on any atom is -0.507 e. The van der Waals surface area contributed by atoms with Crippen LogP contribution in [0.1, 0.15) is 31.2 Å². The maximum atomic E-state index is 9.52. The maximum Gasteiger partial charge on any atom is 0.129 e. The minimum absolute atomic E-state index is 0.491. The number of hydrogen-bond donors (Lipinski definition) is 1. The van der Waals surface area contributed by atoms with Crippen molar-refractivity contribution in [3.63, 3.8) is 0 Å². The molecule has 2 heteroatoms. The van der Waals surface area contributed by atoms with Gasteiger partial charge in [0, 0.05) is 15.8 Å². The average Bonchev–Trinajstić information content (AvgIpc) is 2.32. The molecule has 0 aliphatic rings. The number of rotatable bonds is 3. The third kappa shape index (κ3) is 2.01. The number of aromatic hydroxyl groups is 1. The van der Waals surface area contributed by atoms with Gasteiger partial charge in [0.1, 0.15) is 5.75 Å². The van der Waals surface area contributed by atoms with Gasteiger partial charge in [-0.25, -0.2) is 0 Å². The van der Waals surface area contributed by atoms with Crippen LogP contribution in [0.3, 0.4) is 0 Å². The summed E-state index contributed by atoms with van der Waals surface area (Å²) in [7, 11) is 0. The zero-order valence-corrected chi connectivity index (χ0v) is 8.74. The lowest BCUT2D eigenvalue weighted by Crippen LogP contribution is -1.95. The van der Waals surface area contributed by atoms with Gasteiger partial charge in [0.2, 0.25) is 0 Å². The van der Waals surface area contributed by atoms with Crippen LogP contribution < -0.4 is 0 Å². The Morgan fingerprint density at radius 1 is 1.50 bits per heavy atom. The molecule has 12 heavy (non-hydrogen) atoms. The van der Waals surface area contributed by atoms with E-state index >= 15 is 0 Å². The van der Waals surface area contributed by atoms with Gasteiger partial charge in [-0.2, -0.15) is 0 Å². The fourth-order valence-electron chi connectivity index (χ4n) is 1.34. The number of aryl methyl sites for hydroxylation is 1. The van der Waals surface area contributed by atoms with Crippen LogP contribution in [0.2, 0.25) is 0 Å². The van der Waals surface area contributed by atoms with Crippen LogP contribution in [-0.4, -0.2) is 5.11 Å². The van der Waals surface area contributed by atoms with Crippen LogP contribution in [0.25, 0.3) is 0 Å². The third-order valence-electron chi connectivity index (χ3n) is 1.89. The zero-order chi connectivity index (χ0) is 9.14. The van der Waals surface area contributed by atoms with Gasteiger partial charge in [-0.05, 0) is 18.8 Å². The third-order valence-corrected chi connectivity index (χ3v) is 3.05. The lowest BCUT2D eigenvalue weighted by atomic mass is 10.0. The first-order valence-corrected chi connectivity index (χ1v) is 5.31. The SMILES string of the molecule is CCc1scc(O)c1CC(C)C. The summed E-state index contributed by atoms with van der Waals surface area (Å²) in [6, 6.07) is 0. The molecule has 1 N–H and O–H groups in total. The van der Waals surface area contributed by atoms with Crippen molar-refractivity contribution in [1.82, 2.24) is 0 Å². The van der Waals surface area contributed by atoms with Crippen molar-refractivity contribution in [2.24, 2.45) is 5.92 Å². The second-order valence-electron chi connectivity index (χ2n) is 3.47. The van der Waals surface area contributed by atoms with Crippen LogP contribution in [0.5, 0.6) is 5.75 Å². The van der Waals surface area contributed by atoms with Gasteiger partial charge in [-0.1, -0.05) is 20.8 Å². The second-order valence-corrected chi connectivity index (χ2v) is 4.44. The Morgan fingerprint density at radius 2 is 2.17 bits per heavy atom. The van der Waals surface area contributed by atoms with Gasteiger partial charge >= 0.3 is 0 Å². The molecular weight excluding hydrogens is 168 g/mol. The predicted molar refractivity (Wildman–Crippen MR) is 53.9 cm³/mol. The van der Waals surface area contributed by atoms with Crippen molar-refractivity contribution >= 4 is 11.3 Å². The van der Waals surface area contributed by atoms with E-state index in [2.05, 4.69) is 20.8 Å². The van der Waals surface area contributed by atoms with Crippen LogP contribution >= 0.6 is 11.3 Å². The summed E-state index contributed by atoms with van der Waals surface area (Å²) in [6.45, 7) is 6.49. The normalized spacial score (nSPS) is 11.0. The quantitative estimate of drug-likeness (QED) is 0.764. The molecule has 1 nitrogen and oxygen atoms in total. The first-order chi connectivity index (χ1) is 5.65. The fourth-order valence-corrected chi connectivity index (χ4v) is 2.23. The predicted octanol–water partition coefficient (Wildman–Crippen LogP) is 3.21. The molecule has 0 spiro atoms. The lowest BCUT2D eigenvalue weighted by molar-refractivity contribution is 0.464. The summed E-state index contributed by atoms with van der Waals surface area (Å²) in [5.74, 6) is 1.11. The van der Waals surface area contributed by atoms with E-state index in [1.807, 2.05) is 5.38 Å². The molecule has 0 saturated heterocycles. The van der Waals surface area contributed by atoms with E-state index in [0.717, 1.165) is 18.4 Å². The second kappa shape index (κ2) is 3.94. The van der Waals surface area contributed by atoms with Crippen LogP contribution in [0.15, 0.2) is 5.38 Å². The summed E-state index contributed by atoms with van der Waals surface area (Å²) in [5.41, 5.74) is 1.16. The van der Waals surface area contributed by atoms with Gasteiger partial charge < -0.3 is 5.11 Å². The van der Waals surface area contributed by atoms with Crippen molar-refractivity contribution in [1.29, 1.82) is 0 Å². The van der Waals surface area contributed by atoms with Crippen LogP contribution in [-0.2, 0) is 12.8 Å². The average molecular weight is 184 g/mol. The number of hydrogen-bond acceptors (Lipinski definition) is 2. The molecule has 0 aliphatic heterocycles. The highest BCUT2D eigenvalue weighted by atomic mass is 32.1. The van der Waals surface area contributed by atoms with Gasteiger partial charge in [0.05, 0.1) is 0 Å². The van der Waals surface area contributed by atoms with Gasteiger partial charge in [0.25, 0.3) is 0 Å². The summed E-state index contributed by atoms with van der Waals surface area (Å²) in [5, 5.41) is 11.4.